The smallest absolute Gasteiger partial charge is 0.244 e. The molecule has 2 atom stereocenters. The van der Waals surface area contributed by atoms with Crippen LogP contribution < -0.4 is 10.6 Å². The van der Waals surface area contributed by atoms with E-state index < -0.39 is 0 Å². The Kier molecular flexibility index (Phi) is 7.06. The van der Waals surface area contributed by atoms with Crippen molar-refractivity contribution in [1.82, 2.24) is 19.8 Å². The Balaban J connectivity index is 1.53. The molecular formula is C30H31N5OS. The maximum absolute atomic E-state index is 13.1. The number of para-hydroxylation sites is 1. The quantitative estimate of drug-likeness (QED) is 0.315. The third kappa shape index (κ3) is 5.00. The first kappa shape index (κ1) is 24.7. The number of anilines is 1. The summed E-state index contributed by atoms with van der Waals surface area (Å²) >= 11 is 5.78. The van der Waals surface area contributed by atoms with Crippen molar-refractivity contribution in [3.8, 4) is 5.69 Å². The number of hydrogen-bond donors (Lipinski definition) is 2. The Labute approximate surface area is 223 Å². The van der Waals surface area contributed by atoms with Gasteiger partial charge in [0.1, 0.15) is 6.54 Å². The van der Waals surface area contributed by atoms with Gasteiger partial charge in [0.2, 0.25) is 5.91 Å². The summed E-state index contributed by atoms with van der Waals surface area (Å²) in [6.45, 7) is 6.54. The molecule has 0 spiro atoms. The second kappa shape index (κ2) is 10.6. The number of nitrogens with zero attached hydrogens (tertiary/aromatic N) is 3. The monoisotopic (exact) mass is 509 g/mol. The van der Waals surface area contributed by atoms with Crippen molar-refractivity contribution in [2.75, 3.05) is 11.9 Å². The lowest BCUT2D eigenvalue weighted by molar-refractivity contribution is -0.116. The van der Waals surface area contributed by atoms with Gasteiger partial charge < -0.3 is 20.1 Å². The molecule has 1 aliphatic rings. The van der Waals surface area contributed by atoms with E-state index in [-0.39, 0.29) is 24.5 Å². The molecule has 0 unspecified atom stereocenters. The van der Waals surface area contributed by atoms with E-state index in [4.69, 9.17) is 12.2 Å². The SMILES string of the molecule is CCc1ccc(-n2c(C)cc([C@@H]3[C@@H](c4ccccn4)NC(=S)N3CC(=O)Nc3ccccc3)c2C)cc1. The molecule has 2 aromatic heterocycles. The van der Waals surface area contributed by atoms with Crippen molar-refractivity contribution in [3.05, 3.63) is 113 Å². The number of aryl methyl sites for hydroxylation is 2. The number of carbonyl (C=O) groups excluding carboxylic acids is 1. The molecule has 37 heavy (non-hydrogen) atoms. The summed E-state index contributed by atoms with van der Waals surface area (Å²) in [4.78, 5) is 19.7. The van der Waals surface area contributed by atoms with Crippen molar-refractivity contribution in [2.24, 2.45) is 0 Å². The van der Waals surface area contributed by atoms with Crippen LogP contribution in [0.1, 0.15) is 47.2 Å². The average molecular weight is 510 g/mol. The standard InChI is InChI=1S/C30H31N5OS/c1-4-22-13-15-24(16-14-22)35-20(2)18-25(21(35)3)29-28(26-12-8-9-17-31-26)33-30(37)34(29)19-27(36)32-23-10-6-5-7-11-23/h5-18,28-29H,4,19H2,1-3H3,(H,32,36)(H,33,37)/t28-,29-/m1/s1. The minimum absolute atomic E-state index is 0.119. The summed E-state index contributed by atoms with van der Waals surface area (Å²) < 4.78 is 2.27. The molecule has 7 heteroatoms. The van der Waals surface area contributed by atoms with Crippen LogP contribution >= 0.6 is 12.2 Å². The molecule has 3 heterocycles. The summed E-state index contributed by atoms with van der Waals surface area (Å²) in [5.41, 5.74) is 7.44. The molecule has 0 radical (unpaired) electrons. The van der Waals surface area contributed by atoms with Crippen molar-refractivity contribution in [2.45, 2.75) is 39.3 Å². The van der Waals surface area contributed by atoms with Gasteiger partial charge in [-0.25, -0.2) is 0 Å². The number of carbonyl (C=O) groups is 1. The van der Waals surface area contributed by atoms with Crippen LogP contribution in [0.4, 0.5) is 5.69 Å². The highest BCUT2D eigenvalue weighted by Crippen LogP contribution is 2.41. The maximum atomic E-state index is 13.1. The minimum atomic E-state index is -0.196. The van der Waals surface area contributed by atoms with Gasteiger partial charge in [0.15, 0.2) is 5.11 Å². The van der Waals surface area contributed by atoms with E-state index in [2.05, 4.69) is 71.3 Å². The molecule has 5 rings (SSSR count). The topological polar surface area (TPSA) is 62.2 Å². The molecule has 2 aromatic carbocycles. The molecule has 2 N–H and O–H groups in total. The summed E-state index contributed by atoms with van der Waals surface area (Å²) in [7, 11) is 0. The van der Waals surface area contributed by atoms with Gasteiger partial charge in [-0.15, -0.1) is 0 Å². The summed E-state index contributed by atoms with van der Waals surface area (Å²) in [5.74, 6) is -0.119. The number of hydrogen-bond acceptors (Lipinski definition) is 3. The number of rotatable bonds is 7. The van der Waals surface area contributed by atoms with Gasteiger partial charge in [-0.3, -0.25) is 9.78 Å². The normalized spacial score (nSPS) is 17.1. The van der Waals surface area contributed by atoms with Crippen LogP contribution in [0.15, 0.2) is 85.1 Å². The van der Waals surface area contributed by atoms with Crippen molar-refractivity contribution in [3.63, 3.8) is 0 Å². The Bertz CT molecular complexity index is 1400. The van der Waals surface area contributed by atoms with Crippen LogP contribution in [-0.2, 0) is 11.2 Å². The zero-order valence-electron chi connectivity index (χ0n) is 21.3. The number of aromatic nitrogens is 2. The lowest BCUT2D eigenvalue weighted by Crippen LogP contribution is -2.37. The summed E-state index contributed by atoms with van der Waals surface area (Å²) in [6, 6.07) is 25.9. The van der Waals surface area contributed by atoms with Crippen LogP contribution in [-0.4, -0.2) is 32.0 Å². The maximum Gasteiger partial charge on any atom is 0.244 e. The number of pyridine rings is 1. The van der Waals surface area contributed by atoms with Crippen LogP contribution in [0.2, 0.25) is 0 Å². The first-order chi connectivity index (χ1) is 18.0. The molecule has 6 nitrogen and oxygen atoms in total. The Morgan fingerprint density at radius 2 is 1.76 bits per heavy atom. The summed E-state index contributed by atoms with van der Waals surface area (Å²) in [6.07, 6.45) is 2.80. The Morgan fingerprint density at radius 1 is 1.03 bits per heavy atom. The molecule has 1 aliphatic heterocycles. The van der Waals surface area contributed by atoms with Gasteiger partial charge in [0, 0.05) is 29.0 Å². The fraction of sp³-hybridized carbons (Fsp3) is 0.233. The second-order valence-electron chi connectivity index (χ2n) is 9.35. The van der Waals surface area contributed by atoms with E-state index in [1.807, 2.05) is 53.4 Å². The Hall–Kier alpha value is -3.97. The molecule has 1 amide bonds. The molecule has 4 aromatic rings. The number of nitrogens with one attached hydrogen (secondary N) is 2. The lowest BCUT2D eigenvalue weighted by atomic mass is 9.96. The third-order valence-corrected chi connectivity index (χ3v) is 7.31. The van der Waals surface area contributed by atoms with E-state index in [0.717, 1.165) is 40.4 Å². The van der Waals surface area contributed by atoms with E-state index in [9.17, 15) is 4.79 Å². The molecule has 1 saturated heterocycles. The molecule has 0 saturated carbocycles. The molecular weight excluding hydrogens is 478 g/mol. The number of benzene rings is 2. The predicted molar refractivity (Wildman–Crippen MR) is 152 cm³/mol. The Morgan fingerprint density at radius 3 is 2.43 bits per heavy atom. The first-order valence-corrected chi connectivity index (χ1v) is 13.0. The first-order valence-electron chi connectivity index (χ1n) is 12.6. The average Bonchev–Trinajstić information content (AvgIpc) is 3.39. The van der Waals surface area contributed by atoms with Gasteiger partial charge in [0.05, 0.1) is 17.8 Å². The van der Waals surface area contributed by atoms with Crippen LogP contribution in [0.3, 0.4) is 0 Å². The number of amides is 1. The lowest BCUT2D eigenvalue weighted by Gasteiger charge is -2.27. The molecule has 0 bridgehead atoms. The van der Waals surface area contributed by atoms with Gasteiger partial charge >= 0.3 is 0 Å². The van der Waals surface area contributed by atoms with E-state index in [0.29, 0.717) is 5.11 Å². The zero-order valence-corrected chi connectivity index (χ0v) is 22.1. The number of thiocarbonyl (C=S) groups is 1. The molecule has 188 valence electrons. The van der Waals surface area contributed by atoms with E-state index in [1.54, 1.807) is 6.20 Å². The highest BCUT2D eigenvalue weighted by molar-refractivity contribution is 7.80. The second-order valence-corrected chi connectivity index (χ2v) is 9.74. The highest BCUT2D eigenvalue weighted by atomic mass is 32.1. The largest absolute Gasteiger partial charge is 0.352 e. The van der Waals surface area contributed by atoms with E-state index >= 15 is 0 Å². The van der Waals surface area contributed by atoms with Crippen molar-refractivity contribution < 1.29 is 4.79 Å². The van der Waals surface area contributed by atoms with Gasteiger partial charge in [-0.05, 0) is 86.1 Å². The fourth-order valence-corrected chi connectivity index (χ4v) is 5.46. The third-order valence-electron chi connectivity index (χ3n) is 6.96. The summed E-state index contributed by atoms with van der Waals surface area (Å²) in [5, 5.41) is 6.99. The fourth-order valence-electron chi connectivity index (χ4n) is 5.16. The zero-order chi connectivity index (χ0) is 25.9. The van der Waals surface area contributed by atoms with Crippen molar-refractivity contribution >= 4 is 28.9 Å². The molecule has 1 fully saturated rings. The van der Waals surface area contributed by atoms with Gasteiger partial charge in [-0.1, -0.05) is 43.3 Å². The highest BCUT2D eigenvalue weighted by Gasteiger charge is 2.42. The van der Waals surface area contributed by atoms with Crippen LogP contribution in [0.5, 0.6) is 0 Å². The molecule has 0 aliphatic carbocycles. The predicted octanol–water partition coefficient (Wildman–Crippen LogP) is 5.66. The minimum Gasteiger partial charge on any atom is -0.352 e. The van der Waals surface area contributed by atoms with E-state index in [1.165, 1.54) is 5.56 Å². The van der Waals surface area contributed by atoms with Crippen molar-refractivity contribution in [1.29, 1.82) is 0 Å². The van der Waals surface area contributed by atoms with Gasteiger partial charge in [0.25, 0.3) is 0 Å². The van der Waals surface area contributed by atoms with Crippen LogP contribution in [0, 0.1) is 13.8 Å². The van der Waals surface area contributed by atoms with Gasteiger partial charge in [-0.2, -0.15) is 0 Å². The van der Waals surface area contributed by atoms with Crippen LogP contribution in [0.25, 0.3) is 5.69 Å².